The summed E-state index contributed by atoms with van der Waals surface area (Å²) in [5.41, 5.74) is 0. The molecule has 1 aromatic heterocycles. The van der Waals surface area contributed by atoms with Crippen molar-refractivity contribution in [3.63, 3.8) is 0 Å². The van der Waals surface area contributed by atoms with Gasteiger partial charge in [-0.25, -0.2) is 13.1 Å². The molecule has 0 saturated heterocycles. The Balaban J connectivity index is 2.09. The Bertz CT molecular complexity index is 593. The van der Waals surface area contributed by atoms with Crippen LogP contribution < -0.4 is 4.72 Å². The maximum absolute atomic E-state index is 11.9. The fraction of sp³-hybridized carbons (Fsp3) is 0.0909. The highest BCUT2D eigenvalue weighted by molar-refractivity contribution is 9.10. The molecule has 1 aromatic carbocycles. The van der Waals surface area contributed by atoms with Crippen molar-refractivity contribution in [3.8, 4) is 0 Å². The minimum absolute atomic E-state index is 0.288. The summed E-state index contributed by atoms with van der Waals surface area (Å²) in [6.45, 7) is 0.313. The third-order valence-electron chi connectivity index (χ3n) is 2.11. The molecule has 0 unspecified atom stereocenters. The van der Waals surface area contributed by atoms with Crippen LogP contribution >= 0.6 is 27.3 Å². The molecule has 3 nitrogen and oxygen atoms in total. The smallest absolute Gasteiger partial charge is 0.207 e. The Morgan fingerprint density at radius 1 is 1.24 bits per heavy atom. The van der Waals surface area contributed by atoms with E-state index in [2.05, 4.69) is 20.7 Å². The van der Waals surface area contributed by atoms with Crippen molar-refractivity contribution >= 4 is 37.3 Å². The van der Waals surface area contributed by atoms with E-state index in [4.69, 9.17) is 0 Å². The first-order valence-electron chi connectivity index (χ1n) is 4.85. The molecule has 0 atom stereocenters. The van der Waals surface area contributed by atoms with Crippen LogP contribution in [0.25, 0.3) is 0 Å². The number of hydrogen-bond acceptors (Lipinski definition) is 3. The fourth-order valence-corrected chi connectivity index (χ4v) is 3.81. The topological polar surface area (TPSA) is 46.2 Å². The van der Waals surface area contributed by atoms with Crippen molar-refractivity contribution in [1.82, 2.24) is 4.72 Å². The Morgan fingerprint density at radius 3 is 2.53 bits per heavy atom. The lowest BCUT2D eigenvalue weighted by molar-refractivity contribution is 0.582. The summed E-state index contributed by atoms with van der Waals surface area (Å²) >= 11 is 4.84. The van der Waals surface area contributed by atoms with Crippen LogP contribution in [0.15, 0.2) is 51.1 Å². The first-order chi connectivity index (χ1) is 8.08. The van der Waals surface area contributed by atoms with Gasteiger partial charge in [-0.15, -0.1) is 11.3 Å². The van der Waals surface area contributed by atoms with Crippen LogP contribution in [0.2, 0.25) is 0 Å². The molecule has 0 aliphatic heterocycles. The summed E-state index contributed by atoms with van der Waals surface area (Å²) in [4.78, 5) is 1.26. The molecule has 0 bridgehead atoms. The van der Waals surface area contributed by atoms with Crippen LogP contribution in [0.4, 0.5) is 0 Å². The number of hydrogen-bond donors (Lipinski definition) is 1. The van der Waals surface area contributed by atoms with Gasteiger partial charge in [-0.2, -0.15) is 0 Å². The summed E-state index contributed by atoms with van der Waals surface area (Å²) < 4.78 is 27.3. The van der Waals surface area contributed by atoms with Gasteiger partial charge in [0, 0.05) is 21.3 Å². The number of rotatable bonds is 4. The second-order valence-corrected chi connectivity index (χ2v) is 7.05. The van der Waals surface area contributed by atoms with Crippen LogP contribution in [0, 0.1) is 0 Å². The van der Waals surface area contributed by atoms with Crippen LogP contribution in [-0.4, -0.2) is 8.42 Å². The third-order valence-corrected chi connectivity index (χ3v) is 5.23. The zero-order chi connectivity index (χ0) is 12.3. The first kappa shape index (κ1) is 12.8. The van der Waals surface area contributed by atoms with Gasteiger partial charge in [0.25, 0.3) is 0 Å². The Labute approximate surface area is 113 Å². The number of nitrogens with one attached hydrogen (secondary N) is 1. The van der Waals surface area contributed by atoms with Crippen LogP contribution in [0.3, 0.4) is 0 Å². The quantitative estimate of drug-likeness (QED) is 0.936. The maximum Gasteiger partial charge on any atom is 0.240 e. The highest BCUT2D eigenvalue weighted by Gasteiger charge is 2.12. The van der Waals surface area contributed by atoms with Gasteiger partial charge in [0.1, 0.15) is 0 Å². The molecular formula is C11H10BrNO2S2. The third kappa shape index (κ3) is 3.38. The van der Waals surface area contributed by atoms with Crippen LogP contribution in [0.5, 0.6) is 0 Å². The van der Waals surface area contributed by atoms with Gasteiger partial charge in [0.2, 0.25) is 10.0 Å². The average Bonchev–Trinajstić information content (AvgIpc) is 2.74. The monoisotopic (exact) mass is 331 g/mol. The summed E-state index contributed by atoms with van der Waals surface area (Å²) in [6.07, 6.45) is 0. The van der Waals surface area contributed by atoms with Gasteiger partial charge in [-0.05, 0) is 34.1 Å². The SMILES string of the molecule is O=S(=O)(NCc1cc(Br)cs1)c1ccccc1. The number of halogens is 1. The van der Waals surface area contributed by atoms with Gasteiger partial charge in [0.15, 0.2) is 0 Å². The second-order valence-electron chi connectivity index (χ2n) is 3.37. The lowest BCUT2D eigenvalue weighted by atomic mass is 10.4. The molecule has 0 saturated carbocycles. The van der Waals surface area contributed by atoms with E-state index in [1.54, 1.807) is 30.3 Å². The molecule has 2 rings (SSSR count). The number of sulfonamides is 1. The molecule has 1 N–H and O–H groups in total. The van der Waals surface area contributed by atoms with Gasteiger partial charge < -0.3 is 0 Å². The van der Waals surface area contributed by atoms with E-state index in [9.17, 15) is 8.42 Å². The Morgan fingerprint density at radius 2 is 1.94 bits per heavy atom. The van der Waals surface area contributed by atoms with Gasteiger partial charge in [0.05, 0.1) is 4.90 Å². The fourth-order valence-electron chi connectivity index (χ4n) is 1.30. The molecule has 2 aromatic rings. The van der Waals surface area contributed by atoms with E-state index in [1.165, 1.54) is 11.3 Å². The summed E-state index contributed by atoms with van der Waals surface area (Å²) in [5.74, 6) is 0. The van der Waals surface area contributed by atoms with Gasteiger partial charge in [-0.3, -0.25) is 0 Å². The second kappa shape index (κ2) is 5.30. The molecule has 0 aliphatic carbocycles. The van der Waals surface area contributed by atoms with Crippen LogP contribution in [-0.2, 0) is 16.6 Å². The maximum atomic E-state index is 11.9. The molecule has 0 fully saturated rings. The minimum atomic E-state index is -3.41. The van der Waals surface area contributed by atoms with E-state index < -0.39 is 10.0 Å². The van der Waals surface area contributed by atoms with Crippen molar-refractivity contribution in [2.45, 2.75) is 11.4 Å². The predicted octanol–water partition coefficient (Wildman–Crippen LogP) is 2.99. The highest BCUT2D eigenvalue weighted by Crippen LogP contribution is 2.20. The van der Waals surface area contributed by atoms with Crippen LogP contribution in [0.1, 0.15) is 4.88 Å². The van der Waals surface area contributed by atoms with E-state index >= 15 is 0 Å². The standard InChI is InChI=1S/C11H10BrNO2S2/c12-9-6-10(16-8-9)7-13-17(14,15)11-4-2-1-3-5-11/h1-6,8,13H,7H2. The molecular weight excluding hydrogens is 322 g/mol. The molecule has 1 heterocycles. The number of benzene rings is 1. The normalized spacial score (nSPS) is 11.6. The molecule has 17 heavy (non-hydrogen) atoms. The van der Waals surface area contributed by atoms with E-state index in [0.29, 0.717) is 6.54 Å². The van der Waals surface area contributed by atoms with E-state index in [1.807, 2.05) is 11.4 Å². The molecule has 6 heteroatoms. The molecule has 0 amide bonds. The lowest BCUT2D eigenvalue weighted by Crippen LogP contribution is -2.22. The van der Waals surface area contributed by atoms with Crippen molar-refractivity contribution in [2.75, 3.05) is 0 Å². The molecule has 90 valence electrons. The summed E-state index contributed by atoms with van der Waals surface area (Å²) in [6, 6.07) is 10.2. The van der Waals surface area contributed by atoms with E-state index in [-0.39, 0.29) is 4.90 Å². The number of thiophene rings is 1. The lowest BCUT2D eigenvalue weighted by Gasteiger charge is -2.04. The largest absolute Gasteiger partial charge is 0.240 e. The Kier molecular flexibility index (Phi) is 3.98. The van der Waals surface area contributed by atoms with Crippen molar-refractivity contribution in [2.24, 2.45) is 0 Å². The predicted molar refractivity (Wildman–Crippen MR) is 72.5 cm³/mol. The van der Waals surface area contributed by atoms with E-state index in [0.717, 1.165) is 9.35 Å². The zero-order valence-corrected chi connectivity index (χ0v) is 12.0. The van der Waals surface area contributed by atoms with Gasteiger partial charge >= 0.3 is 0 Å². The summed E-state index contributed by atoms with van der Waals surface area (Å²) in [7, 11) is -3.41. The van der Waals surface area contributed by atoms with Crippen molar-refractivity contribution in [3.05, 3.63) is 51.1 Å². The average molecular weight is 332 g/mol. The minimum Gasteiger partial charge on any atom is -0.207 e. The first-order valence-corrected chi connectivity index (χ1v) is 8.01. The molecule has 0 spiro atoms. The van der Waals surface area contributed by atoms with Crippen molar-refractivity contribution in [1.29, 1.82) is 0 Å². The highest BCUT2D eigenvalue weighted by atomic mass is 79.9. The molecule has 0 radical (unpaired) electrons. The summed E-state index contributed by atoms with van der Waals surface area (Å²) in [5, 5.41) is 1.92. The van der Waals surface area contributed by atoms with Crippen molar-refractivity contribution < 1.29 is 8.42 Å². The molecule has 0 aliphatic rings. The Hall–Kier alpha value is -0.690. The van der Waals surface area contributed by atoms with Gasteiger partial charge in [-0.1, -0.05) is 18.2 Å². The zero-order valence-electron chi connectivity index (χ0n) is 8.76.